The van der Waals surface area contributed by atoms with Crippen LogP contribution in [0, 0.1) is 0 Å². The molecule has 0 unspecified atom stereocenters. The fraction of sp³-hybridized carbons (Fsp3) is 0.714. The fourth-order valence-corrected chi connectivity index (χ4v) is 4.02. The lowest BCUT2D eigenvalue weighted by Crippen LogP contribution is -2.48. The van der Waals surface area contributed by atoms with Crippen molar-refractivity contribution < 1.29 is 4.74 Å². The normalized spacial score (nSPS) is 19.2. The predicted octanol–water partition coefficient (Wildman–Crippen LogP) is 5.09. The van der Waals surface area contributed by atoms with Crippen molar-refractivity contribution in [3.05, 3.63) is 23.3 Å². The smallest absolute Gasteiger partial charge is 0.125 e. The molecule has 0 aromatic heterocycles. The molecule has 24 heavy (non-hydrogen) atoms. The summed E-state index contributed by atoms with van der Waals surface area (Å²) >= 11 is 0. The van der Waals surface area contributed by atoms with Gasteiger partial charge in [0.1, 0.15) is 5.75 Å². The molecule has 1 aromatic rings. The SMILES string of the molecule is CCCCN1c2cc(OC)c(CNCCC)cc2[C@H](C)CC1(C)C. The first-order chi connectivity index (χ1) is 11.4. The number of hydrogen-bond donors (Lipinski definition) is 1. The quantitative estimate of drug-likeness (QED) is 0.671. The van der Waals surface area contributed by atoms with E-state index < -0.39 is 0 Å². The number of nitrogens with one attached hydrogen (secondary N) is 1. The minimum atomic E-state index is 0.203. The van der Waals surface area contributed by atoms with Gasteiger partial charge in [0.15, 0.2) is 0 Å². The monoisotopic (exact) mass is 332 g/mol. The number of rotatable bonds is 8. The van der Waals surface area contributed by atoms with Crippen LogP contribution in [-0.2, 0) is 6.54 Å². The van der Waals surface area contributed by atoms with Gasteiger partial charge in [0, 0.05) is 35.9 Å². The molecule has 0 aliphatic carbocycles. The van der Waals surface area contributed by atoms with Gasteiger partial charge in [-0.05, 0) is 57.2 Å². The summed E-state index contributed by atoms with van der Waals surface area (Å²) in [5, 5.41) is 3.52. The van der Waals surface area contributed by atoms with Gasteiger partial charge in [0.05, 0.1) is 7.11 Å². The van der Waals surface area contributed by atoms with Crippen molar-refractivity contribution in [2.75, 3.05) is 25.1 Å². The molecule has 1 atom stereocenters. The maximum atomic E-state index is 5.73. The van der Waals surface area contributed by atoms with Gasteiger partial charge in [-0.2, -0.15) is 0 Å². The van der Waals surface area contributed by atoms with Crippen LogP contribution in [0.4, 0.5) is 5.69 Å². The average molecular weight is 333 g/mol. The predicted molar refractivity (Wildman–Crippen MR) is 104 cm³/mol. The Bertz CT molecular complexity index is 539. The standard InChI is InChI=1S/C21H36N2O/c1-7-9-11-23-19-13-20(24-6)17(15-22-10-8-2)12-18(19)16(3)14-21(23,4)5/h12-13,16,22H,7-11,14-15H2,1-6H3/t16-/m1/s1. The number of nitrogens with zero attached hydrogens (tertiary/aromatic N) is 1. The van der Waals surface area contributed by atoms with Gasteiger partial charge < -0.3 is 15.0 Å². The van der Waals surface area contributed by atoms with Gasteiger partial charge in [0.2, 0.25) is 0 Å². The summed E-state index contributed by atoms with van der Waals surface area (Å²) in [5.41, 5.74) is 4.35. The largest absolute Gasteiger partial charge is 0.496 e. The zero-order valence-electron chi connectivity index (χ0n) is 16.5. The summed E-state index contributed by atoms with van der Waals surface area (Å²) in [5.74, 6) is 1.60. The zero-order chi connectivity index (χ0) is 17.7. The van der Waals surface area contributed by atoms with E-state index >= 15 is 0 Å². The maximum Gasteiger partial charge on any atom is 0.125 e. The summed E-state index contributed by atoms with van der Waals surface area (Å²) in [6.07, 6.45) is 4.83. The van der Waals surface area contributed by atoms with E-state index in [1.807, 2.05) is 0 Å². The number of fused-ring (bicyclic) bond motifs is 1. The molecule has 1 N–H and O–H groups in total. The topological polar surface area (TPSA) is 24.5 Å². The highest BCUT2D eigenvalue weighted by Gasteiger charge is 2.36. The fourth-order valence-electron chi connectivity index (χ4n) is 4.02. The minimum Gasteiger partial charge on any atom is -0.496 e. The number of benzene rings is 1. The molecule has 1 aliphatic rings. The second-order valence-electron chi connectivity index (χ2n) is 7.82. The van der Waals surface area contributed by atoms with Crippen molar-refractivity contribution in [1.29, 1.82) is 0 Å². The molecule has 0 saturated carbocycles. The molecule has 3 nitrogen and oxygen atoms in total. The Morgan fingerprint density at radius 2 is 2.00 bits per heavy atom. The number of ether oxygens (including phenoxy) is 1. The molecule has 1 aliphatic heterocycles. The zero-order valence-corrected chi connectivity index (χ0v) is 16.5. The number of anilines is 1. The average Bonchev–Trinajstić information content (AvgIpc) is 2.54. The molecular weight excluding hydrogens is 296 g/mol. The lowest BCUT2D eigenvalue weighted by molar-refractivity contribution is 0.369. The molecule has 0 spiro atoms. The van der Waals surface area contributed by atoms with Crippen LogP contribution in [0.15, 0.2) is 12.1 Å². The van der Waals surface area contributed by atoms with Crippen molar-refractivity contribution in [2.24, 2.45) is 0 Å². The Balaban J connectivity index is 2.40. The first kappa shape index (κ1) is 19.1. The van der Waals surface area contributed by atoms with E-state index in [2.05, 4.69) is 57.0 Å². The highest BCUT2D eigenvalue weighted by atomic mass is 16.5. The molecule has 1 aromatic carbocycles. The van der Waals surface area contributed by atoms with Crippen LogP contribution in [0.2, 0.25) is 0 Å². The van der Waals surface area contributed by atoms with Crippen LogP contribution in [0.3, 0.4) is 0 Å². The van der Waals surface area contributed by atoms with Gasteiger partial charge >= 0.3 is 0 Å². The molecular formula is C21H36N2O. The van der Waals surface area contributed by atoms with E-state index in [1.165, 1.54) is 36.1 Å². The van der Waals surface area contributed by atoms with Crippen molar-refractivity contribution in [2.45, 2.75) is 78.3 Å². The molecule has 2 rings (SSSR count). The van der Waals surface area contributed by atoms with Gasteiger partial charge in [-0.25, -0.2) is 0 Å². The minimum absolute atomic E-state index is 0.203. The first-order valence-corrected chi connectivity index (χ1v) is 9.63. The van der Waals surface area contributed by atoms with Crippen LogP contribution in [0.25, 0.3) is 0 Å². The van der Waals surface area contributed by atoms with Crippen molar-refractivity contribution >= 4 is 5.69 Å². The van der Waals surface area contributed by atoms with Crippen molar-refractivity contribution in [3.8, 4) is 5.75 Å². The molecule has 0 amide bonds. The van der Waals surface area contributed by atoms with E-state index in [1.54, 1.807) is 7.11 Å². The molecule has 136 valence electrons. The molecule has 0 fully saturated rings. The third-order valence-corrected chi connectivity index (χ3v) is 5.27. The van der Waals surface area contributed by atoms with Crippen molar-refractivity contribution in [1.82, 2.24) is 5.32 Å². The summed E-state index contributed by atoms with van der Waals surface area (Å²) in [6.45, 7) is 14.7. The summed E-state index contributed by atoms with van der Waals surface area (Å²) in [4.78, 5) is 2.61. The Kier molecular flexibility index (Phi) is 6.56. The second-order valence-corrected chi connectivity index (χ2v) is 7.82. The third-order valence-electron chi connectivity index (χ3n) is 5.27. The van der Waals surface area contributed by atoms with Gasteiger partial charge in [-0.15, -0.1) is 0 Å². The van der Waals surface area contributed by atoms with Crippen LogP contribution in [0.1, 0.15) is 77.3 Å². The van der Waals surface area contributed by atoms with E-state index in [0.29, 0.717) is 5.92 Å². The molecule has 1 heterocycles. The highest BCUT2D eigenvalue weighted by molar-refractivity contribution is 5.64. The first-order valence-electron chi connectivity index (χ1n) is 9.63. The van der Waals surface area contributed by atoms with E-state index in [4.69, 9.17) is 4.74 Å². The van der Waals surface area contributed by atoms with Crippen LogP contribution < -0.4 is 15.0 Å². The van der Waals surface area contributed by atoms with Crippen LogP contribution >= 0.6 is 0 Å². The molecule has 0 radical (unpaired) electrons. The molecule has 0 bridgehead atoms. The number of hydrogen-bond acceptors (Lipinski definition) is 3. The van der Waals surface area contributed by atoms with Crippen LogP contribution in [0.5, 0.6) is 5.75 Å². The van der Waals surface area contributed by atoms with Crippen LogP contribution in [-0.4, -0.2) is 25.7 Å². The second kappa shape index (κ2) is 8.24. The van der Waals surface area contributed by atoms with Gasteiger partial charge in [-0.3, -0.25) is 0 Å². The maximum absolute atomic E-state index is 5.73. The summed E-state index contributed by atoms with van der Waals surface area (Å²) in [6, 6.07) is 4.67. The Morgan fingerprint density at radius 1 is 1.25 bits per heavy atom. The summed E-state index contributed by atoms with van der Waals surface area (Å²) < 4.78 is 5.73. The van der Waals surface area contributed by atoms with E-state index in [9.17, 15) is 0 Å². The van der Waals surface area contributed by atoms with E-state index in [-0.39, 0.29) is 5.54 Å². The lowest BCUT2D eigenvalue weighted by atomic mass is 9.79. The van der Waals surface area contributed by atoms with Gasteiger partial charge in [-0.1, -0.05) is 27.2 Å². The third kappa shape index (κ3) is 4.05. The Hall–Kier alpha value is -1.22. The highest BCUT2D eigenvalue weighted by Crippen LogP contribution is 2.45. The van der Waals surface area contributed by atoms with E-state index in [0.717, 1.165) is 31.8 Å². The lowest BCUT2D eigenvalue weighted by Gasteiger charge is -2.48. The Labute approximate surface area is 148 Å². The number of methoxy groups -OCH3 is 1. The van der Waals surface area contributed by atoms with Crippen molar-refractivity contribution in [3.63, 3.8) is 0 Å². The molecule has 3 heteroatoms. The summed E-state index contributed by atoms with van der Waals surface area (Å²) in [7, 11) is 1.79. The number of unbranched alkanes of at least 4 members (excludes halogenated alkanes) is 1. The molecule has 0 saturated heterocycles. The Morgan fingerprint density at radius 3 is 2.62 bits per heavy atom. The van der Waals surface area contributed by atoms with Gasteiger partial charge in [0.25, 0.3) is 0 Å².